The summed E-state index contributed by atoms with van der Waals surface area (Å²) in [7, 11) is 1.64. The number of methoxy groups -OCH3 is 1. The van der Waals surface area contributed by atoms with E-state index in [9.17, 15) is 9.59 Å². The van der Waals surface area contributed by atoms with Crippen LogP contribution in [-0.4, -0.2) is 43.0 Å². The lowest BCUT2D eigenvalue weighted by molar-refractivity contribution is -0.141. The number of ether oxygens (including phenoxy) is 1. The third-order valence-corrected chi connectivity index (χ3v) is 4.76. The summed E-state index contributed by atoms with van der Waals surface area (Å²) in [5.74, 6) is -0.116. The minimum atomic E-state index is -0.556. The molecule has 5 nitrogen and oxygen atoms in total. The van der Waals surface area contributed by atoms with E-state index < -0.39 is 6.04 Å². The van der Waals surface area contributed by atoms with E-state index in [1.54, 1.807) is 12.0 Å². The number of rotatable bonds is 12. The van der Waals surface area contributed by atoms with E-state index in [1.165, 1.54) is 0 Å². The molecular formula is C24H32N2O3. The summed E-state index contributed by atoms with van der Waals surface area (Å²) >= 11 is 0. The number of carbonyl (C=O) groups excluding carboxylic acids is 2. The average molecular weight is 397 g/mol. The quantitative estimate of drug-likeness (QED) is 0.558. The molecule has 0 aliphatic heterocycles. The molecule has 1 atom stereocenters. The van der Waals surface area contributed by atoms with Crippen molar-refractivity contribution in [3.05, 3.63) is 71.8 Å². The normalized spacial score (nSPS) is 11.7. The van der Waals surface area contributed by atoms with E-state index >= 15 is 0 Å². The zero-order valence-electron chi connectivity index (χ0n) is 17.5. The summed E-state index contributed by atoms with van der Waals surface area (Å²) in [4.78, 5) is 27.8. The van der Waals surface area contributed by atoms with E-state index in [2.05, 4.69) is 5.32 Å². The van der Waals surface area contributed by atoms with E-state index in [0.717, 1.165) is 24.0 Å². The van der Waals surface area contributed by atoms with Gasteiger partial charge in [0.2, 0.25) is 11.8 Å². The van der Waals surface area contributed by atoms with Crippen LogP contribution in [0.4, 0.5) is 0 Å². The zero-order chi connectivity index (χ0) is 20.9. The number of hydrogen-bond acceptors (Lipinski definition) is 3. The molecule has 1 N–H and O–H groups in total. The smallest absolute Gasteiger partial charge is 0.243 e. The van der Waals surface area contributed by atoms with E-state index in [-0.39, 0.29) is 11.8 Å². The first-order valence-corrected chi connectivity index (χ1v) is 10.3. The number of nitrogens with one attached hydrogen (secondary N) is 1. The molecule has 0 heterocycles. The Kier molecular flexibility index (Phi) is 9.93. The molecule has 29 heavy (non-hydrogen) atoms. The van der Waals surface area contributed by atoms with Gasteiger partial charge in [-0.15, -0.1) is 0 Å². The Morgan fingerprint density at radius 1 is 1.00 bits per heavy atom. The van der Waals surface area contributed by atoms with Crippen LogP contribution in [-0.2, 0) is 27.3 Å². The molecule has 2 aromatic carbocycles. The van der Waals surface area contributed by atoms with E-state index in [1.807, 2.05) is 67.6 Å². The first-order valence-electron chi connectivity index (χ1n) is 10.3. The van der Waals surface area contributed by atoms with Crippen LogP contribution in [0.1, 0.15) is 37.3 Å². The van der Waals surface area contributed by atoms with Gasteiger partial charge in [0.1, 0.15) is 6.04 Å². The molecule has 2 aromatic rings. The summed E-state index contributed by atoms with van der Waals surface area (Å²) in [6, 6.07) is 19.1. The number of carbonyl (C=O) groups is 2. The highest BCUT2D eigenvalue weighted by molar-refractivity contribution is 5.88. The molecule has 2 rings (SSSR count). The lowest BCUT2D eigenvalue weighted by atomic mass is 10.0. The second-order valence-corrected chi connectivity index (χ2v) is 7.10. The molecule has 0 aromatic heterocycles. The van der Waals surface area contributed by atoms with Gasteiger partial charge in [-0.05, 0) is 24.0 Å². The highest BCUT2D eigenvalue weighted by Gasteiger charge is 2.29. The highest BCUT2D eigenvalue weighted by Crippen LogP contribution is 2.16. The van der Waals surface area contributed by atoms with Gasteiger partial charge in [0, 0.05) is 39.6 Å². The Morgan fingerprint density at radius 3 is 2.21 bits per heavy atom. The van der Waals surface area contributed by atoms with Crippen molar-refractivity contribution in [1.29, 1.82) is 0 Å². The van der Waals surface area contributed by atoms with Crippen LogP contribution in [0.5, 0.6) is 0 Å². The second-order valence-electron chi connectivity index (χ2n) is 7.10. The molecule has 0 saturated carbocycles. The lowest BCUT2D eigenvalue weighted by Crippen LogP contribution is -2.50. The summed E-state index contributed by atoms with van der Waals surface area (Å²) in [5, 5.41) is 2.99. The first-order chi connectivity index (χ1) is 14.2. The predicted octanol–water partition coefficient (Wildman–Crippen LogP) is 3.58. The van der Waals surface area contributed by atoms with Gasteiger partial charge in [-0.1, -0.05) is 67.6 Å². The maximum atomic E-state index is 13.1. The van der Waals surface area contributed by atoms with Gasteiger partial charge in [0.05, 0.1) is 0 Å². The van der Waals surface area contributed by atoms with E-state index in [0.29, 0.717) is 32.5 Å². The third-order valence-electron chi connectivity index (χ3n) is 4.76. The first kappa shape index (κ1) is 22.6. The Hall–Kier alpha value is -2.66. The molecule has 1 unspecified atom stereocenters. The minimum absolute atomic E-state index is 0.00401. The van der Waals surface area contributed by atoms with Crippen molar-refractivity contribution in [2.24, 2.45) is 0 Å². The van der Waals surface area contributed by atoms with Gasteiger partial charge in [-0.2, -0.15) is 0 Å². The maximum absolute atomic E-state index is 13.1. The predicted molar refractivity (Wildman–Crippen MR) is 115 cm³/mol. The van der Waals surface area contributed by atoms with Gasteiger partial charge in [-0.3, -0.25) is 9.59 Å². The van der Waals surface area contributed by atoms with Crippen molar-refractivity contribution < 1.29 is 14.3 Å². The number of amides is 2. The molecule has 0 aliphatic carbocycles. The molecule has 0 saturated heterocycles. The van der Waals surface area contributed by atoms with Crippen LogP contribution < -0.4 is 5.32 Å². The van der Waals surface area contributed by atoms with Crippen LogP contribution in [0.15, 0.2) is 60.7 Å². The zero-order valence-corrected chi connectivity index (χ0v) is 17.5. The largest absolute Gasteiger partial charge is 0.385 e. The number of nitrogens with zero attached hydrogens (tertiary/aromatic N) is 1. The summed E-state index contributed by atoms with van der Waals surface area (Å²) in [6.45, 7) is 3.52. The molecule has 0 bridgehead atoms. The topological polar surface area (TPSA) is 58.6 Å². The molecule has 0 aliphatic rings. The van der Waals surface area contributed by atoms with Crippen LogP contribution >= 0.6 is 0 Å². The fourth-order valence-electron chi connectivity index (χ4n) is 3.24. The molecule has 0 fully saturated rings. The Bertz CT molecular complexity index is 734. The van der Waals surface area contributed by atoms with Crippen molar-refractivity contribution in [3.63, 3.8) is 0 Å². The summed E-state index contributed by atoms with van der Waals surface area (Å²) < 4.78 is 5.06. The summed E-state index contributed by atoms with van der Waals surface area (Å²) in [5.41, 5.74) is 2.05. The Labute approximate surface area is 174 Å². The molecule has 0 spiro atoms. The van der Waals surface area contributed by atoms with Gasteiger partial charge < -0.3 is 15.0 Å². The van der Waals surface area contributed by atoms with Crippen molar-refractivity contribution in [3.8, 4) is 0 Å². The molecule has 2 amide bonds. The SMILES string of the molecule is CCCC(=O)N(Cc1ccccc1)C(Cc1ccccc1)C(=O)NCCCOC. The molecule has 156 valence electrons. The minimum Gasteiger partial charge on any atom is -0.385 e. The Balaban J connectivity index is 2.25. The monoisotopic (exact) mass is 396 g/mol. The van der Waals surface area contributed by atoms with Crippen molar-refractivity contribution in [2.75, 3.05) is 20.3 Å². The van der Waals surface area contributed by atoms with Crippen molar-refractivity contribution in [1.82, 2.24) is 10.2 Å². The van der Waals surface area contributed by atoms with Crippen molar-refractivity contribution >= 4 is 11.8 Å². The molecule has 0 radical (unpaired) electrons. The van der Waals surface area contributed by atoms with Crippen LogP contribution in [0.3, 0.4) is 0 Å². The van der Waals surface area contributed by atoms with Crippen LogP contribution in [0.2, 0.25) is 0 Å². The molecular weight excluding hydrogens is 364 g/mol. The van der Waals surface area contributed by atoms with E-state index in [4.69, 9.17) is 4.74 Å². The lowest BCUT2D eigenvalue weighted by Gasteiger charge is -2.31. The van der Waals surface area contributed by atoms with Gasteiger partial charge >= 0.3 is 0 Å². The number of benzene rings is 2. The van der Waals surface area contributed by atoms with Gasteiger partial charge in [0.25, 0.3) is 0 Å². The summed E-state index contributed by atoms with van der Waals surface area (Å²) in [6.07, 6.45) is 2.40. The van der Waals surface area contributed by atoms with Gasteiger partial charge in [-0.25, -0.2) is 0 Å². The van der Waals surface area contributed by atoms with Gasteiger partial charge in [0.15, 0.2) is 0 Å². The van der Waals surface area contributed by atoms with Crippen LogP contribution in [0, 0.1) is 0 Å². The third kappa shape index (κ3) is 7.70. The average Bonchev–Trinajstić information content (AvgIpc) is 2.75. The standard InChI is InChI=1S/C24H32N2O3/c1-3-11-23(27)26(19-21-14-8-5-9-15-21)22(18-20-12-6-4-7-13-20)24(28)25-16-10-17-29-2/h4-9,12-15,22H,3,10-11,16-19H2,1-2H3,(H,25,28). The Morgan fingerprint density at radius 2 is 1.62 bits per heavy atom. The fourth-order valence-corrected chi connectivity index (χ4v) is 3.24. The van der Waals surface area contributed by atoms with Crippen molar-refractivity contribution in [2.45, 2.75) is 45.2 Å². The number of hydrogen-bond donors (Lipinski definition) is 1. The van der Waals surface area contributed by atoms with Crippen LogP contribution in [0.25, 0.3) is 0 Å². The second kappa shape index (κ2) is 12.7. The maximum Gasteiger partial charge on any atom is 0.243 e. The fraction of sp³-hybridized carbons (Fsp3) is 0.417. The highest BCUT2D eigenvalue weighted by atomic mass is 16.5. The molecule has 5 heteroatoms.